The summed E-state index contributed by atoms with van der Waals surface area (Å²) < 4.78 is 0. The zero-order valence-electron chi connectivity index (χ0n) is 6.86. The van der Waals surface area contributed by atoms with E-state index in [1.165, 1.54) is 0 Å². The molecule has 2 rings (SSSR count). The van der Waals surface area contributed by atoms with Gasteiger partial charge in [-0.15, -0.1) is 11.3 Å². The Morgan fingerprint density at radius 3 is 3.08 bits per heavy atom. The molecule has 3 nitrogen and oxygen atoms in total. The largest absolute Gasteiger partial charge is 0.328 e. The summed E-state index contributed by atoms with van der Waals surface area (Å²) in [5.74, 6) is 0. The second-order valence-corrected chi connectivity index (χ2v) is 4.01. The third kappa shape index (κ3) is 1.83. The standard InChI is InChI=1S/C8H13N3S/c9-6-1-7(2-6)10-3-8-4-12-5-11-8/h4-7,10H,1-3,9H2. The number of hydrogen-bond acceptors (Lipinski definition) is 4. The molecular formula is C8H13N3S. The minimum atomic E-state index is 0.429. The molecule has 4 heteroatoms. The van der Waals surface area contributed by atoms with Crippen LogP contribution in [-0.2, 0) is 6.54 Å². The SMILES string of the molecule is NC1CC(NCc2cscn2)C1. The molecule has 0 aliphatic heterocycles. The van der Waals surface area contributed by atoms with Gasteiger partial charge >= 0.3 is 0 Å². The van der Waals surface area contributed by atoms with Crippen LogP contribution in [0, 0.1) is 0 Å². The first kappa shape index (κ1) is 8.16. The highest BCUT2D eigenvalue weighted by molar-refractivity contribution is 7.07. The van der Waals surface area contributed by atoms with Gasteiger partial charge in [-0.2, -0.15) is 0 Å². The minimum absolute atomic E-state index is 0.429. The topological polar surface area (TPSA) is 50.9 Å². The molecule has 0 amide bonds. The van der Waals surface area contributed by atoms with E-state index >= 15 is 0 Å². The van der Waals surface area contributed by atoms with Crippen LogP contribution in [0.2, 0.25) is 0 Å². The van der Waals surface area contributed by atoms with E-state index in [1.807, 2.05) is 5.51 Å². The Balaban J connectivity index is 1.70. The van der Waals surface area contributed by atoms with Gasteiger partial charge in [-0.25, -0.2) is 4.98 Å². The average Bonchev–Trinajstić information content (AvgIpc) is 2.47. The molecule has 1 fully saturated rings. The van der Waals surface area contributed by atoms with Gasteiger partial charge in [0.15, 0.2) is 0 Å². The molecular weight excluding hydrogens is 170 g/mol. The monoisotopic (exact) mass is 183 g/mol. The number of nitrogens with two attached hydrogens (primary N) is 1. The van der Waals surface area contributed by atoms with Gasteiger partial charge < -0.3 is 11.1 Å². The summed E-state index contributed by atoms with van der Waals surface area (Å²) in [6.07, 6.45) is 2.23. The van der Waals surface area contributed by atoms with Crippen LogP contribution in [0.4, 0.5) is 0 Å². The zero-order chi connectivity index (χ0) is 8.39. The van der Waals surface area contributed by atoms with Gasteiger partial charge in [0.2, 0.25) is 0 Å². The lowest BCUT2D eigenvalue weighted by Crippen LogP contribution is -2.48. The van der Waals surface area contributed by atoms with E-state index in [9.17, 15) is 0 Å². The van der Waals surface area contributed by atoms with Crippen LogP contribution in [0.5, 0.6) is 0 Å². The van der Waals surface area contributed by atoms with Crippen molar-refractivity contribution in [1.82, 2.24) is 10.3 Å². The van der Waals surface area contributed by atoms with E-state index in [4.69, 9.17) is 5.73 Å². The third-order valence-corrected chi connectivity index (χ3v) is 2.87. The molecule has 0 atom stereocenters. The molecule has 1 saturated carbocycles. The van der Waals surface area contributed by atoms with E-state index in [2.05, 4.69) is 15.7 Å². The predicted octanol–water partition coefficient (Wildman–Crippen LogP) is 0.722. The Bertz CT molecular complexity index is 228. The van der Waals surface area contributed by atoms with Crippen LogP contribution in [0.15, 0.2) is 10.9 Å². The van der Waals surface area contributed by atoms with E-state index in [-0.39, 0.29) is 0 Å². The Kier molecular flexibility index (Phi) is 2.39. The van der Waals surface area contributed by atoms with Crippen molar-refractivity contribution in [3.05, 3.63) is 16.6 Å². The molecule has 66 valence electrons. The average molecular weight is 183 g/mol. The second-order valence-electron chi connectivity index (χ2n) is 3.29. The van der Waals surface area contributed by atoms with Crippen molar-refractivity contribution in [1.29, 1.82) is 0 Å². The van der Waals surface area contributed by atoms with Crippen LogP contribution in [0.25, 0.3) is 0 Å². The quantitative estimate of drug-likeness (QED) is 0.726. The number of thiazole rings is 1. The summed E-state index contributed by atoms with van der Waals surface area (Å²) in [5.41, 5.74) is 8.67. The van der Waals surface area contributed by atoms with E-state index in [1.54, 1.807) is 11.3 Å². The van der Waals surface area contributed by atoms with Crippen molar-refractivity contribution in [3.8, 4) is 0 Å². The number of nitrogens with zero attached hydrogens (tertiary/aromatic N) is 1. The Morgan fingerprint density at radius 2 is 2.50 bits per heavy atom. The summed E-state index contributed by atoms with van der Waals surface area (Å²) in [6, 6.07) is 1.06. The highest BCUT2D eigenvalue weighted by Gasteiger charge is 2.24. The maximum Gasteiger partial charge on any atom is 0.0795 e. The Morgan fingerprint density at radius 1 is 1.67 bits per heavy atom. The van der Waals surface area contributed by atoms with Gasteiger partial charge in [0.05, 0.1) is 11.2 Å². The predicted molar refractivity (Wildman–Crippen MR) is 50.0 cm³/mol. The normalized spacial score (nSPS) is 28.4. The van der Waals surface area contributed by atoms with E-state index < -0.39 is 0 Å². The molecule has 1 aliphatic rings. The van der Waals surface area contributed by atoms with E-state index in [0.717, 1.165) is 25.1 Å². The summed E-state index contributed by atoms with van der Waals surface area (Å²) in [6.45, 7) is 0.890. The molecule has 1 aromatic rings. The second kappa shape index (κ2) is 3.51. The molecule has 12 heavy (non-hydrogen) atoms. The molecule has 0 bridgehead atoms. The number of rotatable bonds is 3. The van der Waals surface area contributed by atoms with Crippen LogP contribution in [-0.4, -0.2) is 17.1 Å². The van der Waals surface area contributed by atoms with Crippen molar-refractivity contribution >= 4 is 11.3 Å². The maximum absolute atomic E-state index is 5.66. The van der Waals surface area contributed by atoms with Crippen LogP contribution in [0.1, 0.15) is 18.5 Å². The molecule has 0 saturated heterocycles. The first-order chi connectivity index (χ1) is 5.84. The zero-order valence-corrected chi connectivity index (χ0v) is 7.68. The summed E-state index contributed by atoms with van der Waals surface area (Å²) in [5, 5.41) is 5.49. The first-order valence-corrected chi connectivity index (χ1v) is 5.15. The van der Waals surface area contributed by atoms with Crippen molar-refractivity contribution in [3.63, 3.8) is 0 Å². The Hall–Kier alpha value is -0.450. The fourth-order valence-electron chi connectivity index (χ4n) is 1.40. The third-order valence-electron chi connectivity index (χ3n) is 2.23. The maximum atomic E-state index is 5.66. The summed E-state index contributed by atoms with van der Waals surface area (Å²) in [7, 11) is 0. The van der Waals surface area contributed by atoms with Gasteiger partial charge in [-0.3, -0.25) is 0 Å². The molecule has 0 spiro atoms. The van der Waals surface area contributed by atoms with Gasteiger partial charge in [-0.1, -0.05) is 0 Å². The number of hydrogen-bond donors (Lipinski definition) is 2. The van der Waals surface area contributed by atoms with Gasteiger partial charge in [0, 0.05) is 24.0 Å². The fraction of sp³-hybridized carbons (Fsp3) is 0.625. The molecule has 0 radical (unpaired) electrons. The highest BCUT2D eigenvalue weighted by Crippen LogP contribution is 2.17. The molecule has 3 N–H and O–H groups in total. The van der Waals surface area contributed by atoms with Crippen LogP contribution in [0.3, 0.4) is 0 Å². The smallest absolute Gasteiger partial charge is 0.0795 e. The Labute approximate surface area is 76.0 Å². The molecule has 0 unspecified atom stereocenters. The lowest BCUT2D eigenvalue weighted by Gasteiger charge is -2.32. The minimum Gasteiger partial charge on any atom is -0.328 e. The van der Waals surface area contributed by atoms with Crippen molar-refractivity contribution < 1.29 is 0 Å². The number of aromatic nitrogens is 1. The lowest BCUT2D eigenvalue weighted by molar-refractivity contribution is 0.290. The summed E-state index contributed by atoms with van der Waals surface area (Å²) >= 11 is 1.64. The molecule has 0 aromatic carbocycles. The molecule has 1 heterocycles. The van der Waals surface area contributed by atoms with Gasteiger partial charge in [-0.05, 0) is 12.8 Å². The molecule has 1 aliphatic carbocycles. The number of nitrogens with one attached hydrogen (secondary N) is 1. The lowest BCUT2D eigenvalue weighted by atomic mass is 9.88. The van der Waals surface area contributed by atoms with Crippen molar-refractivity contribution in [2.45, 2.75) is 31.5 Å². The highest BCUT2D eigenvalue weighted by atomic mass is 32.1. The van der Waals surface area contributed by atoms with E-state index in [0.29, 0.717) is 12.1 Å². The fourth-order valence-corrected chi connectivity index (χ4v) is 1.96. The van der Waals surface area contributed by atoms with Gasteiger partial charge in [0.25, 0.3) is 0 Å². The van der Waals surface area contributed by atoms with Crippen molar-refractivity contribution in [2.24, 2.45) is 5.73 Å². The molecule has 1 aromatic heterocycles. The van der Waals surface area contributed by atoms with Crippen LogP contribution < -0.4 is 11.1 Å². The van der Waals surface area contributed by atoms with Crippen LogP contribution >= 0.6 is 11.3 Å². The first-order valence-electron chi connectivity index (χ1n) is 4.20. The summed E-state index contributed by atoms with van der Waals surface area (Å²) in [4.78, 5) is 4.19. The van der Waals surface area contributed by atoms with Crippen molar-refractivity contribution in [2.75, 3.05) is 0 Å². The van der Waals surface area contributed by atoms with Gasteiger partial charge in [0.1, 0.15) is 0 Å².